The van der Waals surface area contributed by atoms with Crippen molar-refractivity contribution in [1.82, 2.24) is 15.8 Å². The topological polar surface area (TPSA) is 102 Å². The lowest BCUT2D eigenvalue weighted by Crippen LogP contribution is -2.56. The van der Waals surface area contributed by atoms with Crippen LogP contribution in [0.25, 0.3) is 11.1 Å². The first-order valence-corrected chi connectivity index (χ1v) is 9.83. The van der Waals surface area contributed by atoms with E-state index in [4.69, 9.17) is 0 Å². The number of nitrogens with zero attached hydrogens (tertiary/aromatic N) is 2. The highest BCUT2D eigenvalue weighted by molar-refractivity contribution is 6.06. The Morgan fingerprint density at radius 2 is 1.63 bits per heavy atom. The normalized spacial score (nSPS) is 16.3. The lowest BCUT2D eigenvalue weighted by atomic mass is 9.92. The number of hydrazine groups is 1. The van der Waals surface area contributed by atoms with Crippen LogP contribution in [0, 0.1) is 0 Å². The zero-order valence-corrected chi connectivity index (χ0v) is 17.4. The van der Waals surface area contributed by atoms with Crippen molar-refractivity contribution < 1.29 is 19.6 Å². The molecule has 3 rings (SSSR count). The molecule has 0 aromatic heterocycles. The first-order chi connectivity index (χ1) is 14.2. The maximum absolute atomic E-state index is 13.2. The minimum absolute atomic E-state index is 0.287. The second-order valence-corrected chi connectivity index (χ2v) is 7.59. The van der Waals surface area contributed by atoms with E-state index in [0.29, 0.717) is 10.8 Å². The lowest BCUT2D eigenvalue weighted by molar-refractivity contribution is -0.127. The van der Waals surface area contributed by atoms with Crippen molar-refractivity contribution in [1.29, 1.82) is 0 Å². The Morgan fingerprint density at radius 1 is 1.03 bits per heavy atom. The highest BCUT2D eigenvalue weighted by atomic mass is 16.5. The van der Waals surface area contributed by atoms with Crippen LogP contribution in [0.1, 0.15) is 39.2 Å². The highest BCUT2D eigenvalue weighted by Crippen LogP contribution is 2.39. The van der Waals surface area contributed by atoms with Gasteiger partial charge in [-0.15, -0.1) is 0 Å². The summed E-state index contributed by atoms with van der Waals surface area (Å²) in [6, 6.07) is 12.8. The van der Waals surface area contributed by atoms with E-state index in [1.165, 1.54) is 11.9 Å². The van der Waals surface area contributed by atoms with Crippen molar-refractivity contribution in [3.63, 3.8) is 0 Å². The molecule has 3 N–H and O–H groups in total. The monoisotopic (exact) mass is 410 g/mol. The van der Waals surface area contributed by atoms with E-state index < -0.39 is 29.9 Å². The molecule has 2 atom stereocenters. The van der Waals surface area contributed by atoms with Crippen molar-refractivity contribution in [2.75, 3.05) is 5.01 Å². The Balaban J connectivity index is 1.88. The molecule has 0 radical (unpaired) electrons. The van der Waals surface area contributed by atoms with E-state index in [9.17, 15) is 19.6 Å². The number of amides is 4. The number of anilines is 1. The van der Waals surface area contributed by atoms with Crippen LogP contribution in [-0.2, 0) is 9.59 Å². The largest absolute Gasteiger partial charge is 0.342 e. The quantitative estimate of drug-likeness (QED) is 0.533. The van der Waals surface area contributed by atoms with Crippen LogP contribution in [0.5, 0.6) is 0 Å². The molecule has 0 spiro atoms. The molecule has 2 aromatic carbocycles. The molecule has 1 heterocycles. The second-order valence-electron chi connectivity index (χ2n) is 7.59. The van der Waals surface area contributed by atoms with Gasteiger partial charge in [0.2, 0.25) is 0 Å². The summed E-state index contributed by atoms with van der Waals surface area (Å²) >= 11 is 0. The summed E-state index contributed by atoms with van der Waals surface area (Å²) in [4.78, 5) is 38.0. The SMILES string of the molecule is CC1C(=O)N(NC(=O)[C@H](C)NC(=O)N(O)C(C)C)c2ccccc2-c2ccccc21. The molecule has 8 nitrogen and oxygen atoms in total. The van der Waals surface area contributed by atoms with Crippen LogP contribution >= 0.6 is 0 Å². The Hall–Kier alpha value is -3.39. The maximum atomic E-state index is 13.2. The Kier molecular flexibility index (Phi) is 6.07. The number of para-hydroxylation sites is 1. The van der Waals surface area contributed by atoms with Gasteiger partial charge < -0.3 is 5.32 Å². The van der Waals surface area contributed by atoms with Gasteiger partial charge in [0.25, 0.3) is 11.8 Å². The van der Waals surface area contributed by atoms with Crippen LogP contribution in [-0.4, -0.2) is 40.2 Å². The predicted molar refractivity (Wildman–Crippen MR) is 113 cm³/mol. The van der Waals surface area contributed by atoms with Gasteiger partial charge in [0.05, 0.1) is 17.6 Å². The molecule has 0 bridgehead atoms. The van der Waals surface area contributed by atoms with Crippen molar-refractivity contribution in [2.24, 2.45) is 0 Å². The Morgan fingerprint density at radius 3 is 2.30 bits per heavy atom. The molecule has 8 heteroatoms. The smallest absolute Gasteiger partial charge is 0.325 e. The third kappa shape index (κ3) is 3.99. The van der Waals surface area contributed by atoms with Crippen LogP contribution in [0.3, 0.4) is 0 Å². The van der Waals surface area contributed by atoms with Crippen LogP contribution in [0.4, 0.5) is 10.5 Å². The number of hydroxylamine groups is 2. The van der Waals surface area contributed by atoms with E-state index in [0.717, 1.165) is 16.7 Å². The fourth-order valence-electron chi connectivity index (χ4n) is 3.34. The number of carbonyl (C=O) groups excluding carboxylic acids is 3. The second kappa shape index (κ2) is 8.54. The van der Waals surface area contributed by atoms with Gasteiger partial charge in [-0.2, -0.15) is 0 Å². The van der Waals surface area contributed by atoms with Gasteiger partial charge in [0.1, 0.15) is 6.04 Å². The average molecular weight is 410 g/mol. The van der Waals surface area contributed by atoms with Crippen molar-refractivity contribution >= 4 is 23.5 Å². The van der Waals surface area contributed by atoms with Gasteiger partial charge in [0.15, 0.2) is 0 Å². The van der Waals surface area contributed by atoms with Gasteiger partial charge in [0, 0.05) is 5.56 Å². The molecule has 0 fully saturated rings. The molecule has 0 saturated heterocycles. The summed E-state index contributed by atoms with van der Waals surface area (Å²) in [7, 11) is 0. The van der Waals surface area contributed by atoms with Crippen LogP contribution < -0.4 is 15.8 Å². The van der Waals surface area contributed by atoms with E-state index in [1.807, 2.05) is 36.4 Å². The van der Waals surface area contributed by atoms with Crippen LogP contribution in [0.2, 0.25) is 0 Å². The maximum Gasteiger partial charge on any atom is 0.342 e. The summed E-state index contributed by atoms with van der Waals surface area (Å²) in [5.74, 6) is -1.35. The molecule has 0 saturated carbocycles. The Labute approximate surface area is 175 Å². The number of fused-ring (bicyclic) bond motifs is 3. The predicted octanol–water partition coefficient (Wildman–Crippen LogP) is 3.03. The van der Waals surface area contributed by atoms with E-state index >= 15 is 0 Å². The van der Waals surface area contributed by atoms with E-state index in [-0.39, 0.29) is 5.91 Å². The zero-order valence-electron chi connectivity index (χ0n) is 17.4. The fraction of sp³-hybridized carbons (Fsp3) is 0.318. The summed E-state index contributed by atoms with van der Waals surface area (Å²) in [6.07, 6.45) is 0. The fourth-order valence-corrected chi connectivity index (χ4v) is 3.34. The van der Waals surface area contributed by atoms with E-state index in [1.54, 1.807) is 32.9 Å². The Bertz CT molecular complexity index is 975. The summed E-state index contributed by atoms with van der Waals surface area (Å²) < 4.78 is 0. The summed E-state index contributed by atoms with van der Waals surface area (Å²) in [5, 5.41) is 13.9. The van der Waals surface area contributed by atoms with Crippen molar-refractivity contribution in [2.45, 2.75) is 45.7 Å². The first-order valence-electron chi connectivity index (χ1n) is 9.83. The average Bonchev–Trinajstić information content (AvgIpc) is 2.83. The number of hydrogen-bond donors (Lipinski definition) is 3. The number of nitrogens with one attached hydrogen (secondary N) is 2. The molecule has 1 unspecified atom stereocenters. The standard InChI is InChI=1S/C22H26N4O4/c1-13(2)26(30)22(29)23-15(4)20(27)24-25-19-12-8-7-11-18(19)17-10-6-5-9-16(17)14(3)21(25)28/h5-15,30H,1-4H3,(H,23,29)(H,24,27)/t14?,15-/m0/s1. The van der Waals surface area contributed by atoms with Crippen molar-refractivity contribution in [3.05, 3.63) is 54.1 Å². The third-order valence-corrected chi connectivity index (χ3v) is 5.11. The van der Waals surface area contributed by atoms with Gasteiger partial charge in [-0.25, -0.2) is 14.9 Å². The lowest BCUT2D eigenvalue weighted by Gasteiger charge is -2.27. The molecular formula is C22H26N4O4. The molecule has 158 valence electrons. The molecule has 1 aliphatic heterocycles. The van der Waals surface area contributed by atoms with Gasteiger partial charge in [-0.3, -0.25) is 20.2 Å². The molecule has 30 heavy (non-hydrogen) atoms. The first kappa shape index (κ1) is 21.3. The number of benzene rings is 2. The number of rotatable bonds is 4. The molecule has 1 aliphatic rings. The molecule has 0 aliphatic carbocycles. The van der Waals surface area contributed by atoms with E-state index in [2.05, 4.69) is 10.7 Å². The minimum atomic E-state index is -0.980. The van der Waals surface area contributed by atoms with Gasteiger partial charge in [-0.1, -0.05) is 42.5 Å². The zero-order chi connectivity index (χ0) is 22.0. The molecular weight excluding hydrogens is 384 g/mol. The van der Waals surface area contributed by atoms with Gasteiger partial charge in [-0.05, 0) is 44.9 Å². The number of carbonyl (C=O) groups is 3. The summed E-state index contributed by atoms with van der Waals surface area (Å²) in [5.41, 5.74) is 5.82. The number of hydrogen-bond acceptors (Lipinski definition) is 4. The van der Waals surface area contributed by atoms with Crippen molar-refractivity contribution in [3.8, 4) is 11.1 Å². The summed E-state index contributed by atoms with van der Waals surface area (Å²) in [6.45, 7) is 6.55. The number of urea groups is 1. The van der Waals surface area contributed by atoms with Crippen LogP contribution in [0.15, 0.2) is 48.5 Å². The molecule has 2 aromatic rings. The minimum Gasteiger partial charge on any atom is -0.325 e. The van der Waals surface area contributed by atoms with Gasteiger partial charge >= 0.3 is 6.03 Å². The third-order valence-electron chi connectivity index (χ3n) is 5.11. The highest BCUT2D eigenvalue weighted by Gasteiger charge is 2.33. The molecule has 4 amide bonds.